The largest absolute Gasteiger partial charge is 0.461 e. The Bertz CT molecular complexity index is 2910. The monoisotopic (exact) mass is 1060 g/mol. The second kappa shape index (κ2) is 23.5. The molecule has 7 rings (SSSR count). The first-order valence-corrected chi connectivity index (χ1v) is 26.2. The first-order chi connectivity index (χ1) is 33.3. The highest BCUT2D eigenvalue weighted by Crippen LogP contribution is 2.41. The third-order valence-electron chi connectivity index (χ3n) is 11.2. The van der Waals surface area contributed by atoms with Crippen LogP contribution in [-0.4, -0.2) is 95.1 Å². The van der Waals surface area contributed by atoms with Crippen molar-refractivity contribution in [3.63, 3.8) is 0 Å². The molecule has 2 aliphatic carbocycles. The van der Waals surface area contributed by atoms with Gasteiger partial charge in [-0.15, -0.1) is 0 Å². The van der Waals surface area contributed by atoms with Gasteiger partial charge in [0.15, 0.2) is 65.7 Å². The van der Waals surface area contributed by atoms with Gasteiger partial charge >= 0.3 is 12.1 Å². The summed E-state index contributed by atoms with van der Waals surface area (Å²) in [6.45, 7) is -0.379. The van der Waals surface area contributed by atoms with Crippen molar-refractivity contribution < 1.29 is 77.9 Å². The first-order valence-electron chi connectivity index (χ1n) is 21.7. The lowest BCUT2D eigenvalue weighted by Gasteiger charge is -2.27. The summed E-state index contributed by atoms with van der Waals surface area (Å²) in [5, 5.41) is 3.47. The molecule has 1 heterocycles. The average molecular weight is 1060 g/mol. The van der Waals surface area contributed by atoms with Gasteiger partial charge in [-0.2, -0.15) is 13.2 Å². The standard InChI is InChI=1S/C18H17NO3.C17H16ClF3O6S.C14H13ClO5S/c1-2-21-17(20)16-13-18(22-19-16,14-9-5-3-6-10-14)15-11-7-4-8-12-15;1-28(25,26)13-6-5-9(15(18)10(13)7-27-8-17(19,20)21)16(24)14-11(22)3-2-4-12(14)23;1-21(19,20)8-5-6-9(10(15)7-8)14(18)13-11(16)3-2-4-12(13)17/h3-12H,2,13H2,1H3;5-6,14H,2-4,7-8H2,1H3;5-7,13H,2-4H2,1H3. The second-order valence-corrected chi connectivity index (χ2v) is 21.2. The van der Waals surface area contributed by atoms with E-state index < -0.39 is 107 Å². The Kier molecular flexibility index (Phi) is 18.6. The van der Waals surface area contributed by atoms with Gasteiger partial charge in [0.05, 0.1) is 39.5 Å². The van der Waals surface area contributed by atoms with Crippen LogP contribution in [0.15, 0.2) is 106 Å². The summed E-state index contributed by atoms with van der Waals surface area (Å²) in [4.78, 5) is 89.9. The number of alkyl halides is 3. The molecule has 22 heteroatoms. The van der Waals surface area contributed by atoms with Crippen molar-refractivity contribution in [2.75, 3.05) is 25.7 Å². The average Bonchev–Trinajstić information content (AvgIpc) is 3.77. The maximum absolute atomic E-state index is 12.7. The van der Waals surface area contributed by atoms with E-state index in [-0.39, 0.29) is 52.3 Å². The van der Waals surface area contributed by atoms with E-state index in [0.29, 0.717) is 31.6 Å². The quantitative estimate of drug-likeness (QED) is 0.0701. The van der Waals surface area contributed by atoms with E-state index in [1.807, 2.05) is 60.7 Å². The zero-order valence-electron chi connectivity index (χ0n) is 38.3. The first kappa shape index (κ1) is 56.0. The highest BCUT2D eigenvalue weighted by molar-refractivity contribution is 7.91. The van der Waals surface area contributed by atoms with Crippen LogP contribution in [0.2, 0.25) is 10.0 Å². The summed E-state index contributed by atoms with van der Waals surface area (Å²) in [6, 6.07) is 25.3. The molecule has 71 heavy (non-hydrogen) atoms. The van der Waals surface area contributed by atoms with E-state index >= 15 is 0 Å². The lowest BCUT2D eigenvalue weighted by atomic mass is 9.81. The molecule has 0 aromatic heterocycles. The topological polar surface area (TPSA) is 228 Å². The maximum atomic E-state index is 12.7. The molecular formula is C49H46Cl2F3NO14S2. The number of hydrogen-bond acceptors (Lipinski definition) is 15. The van der Waals surface area contributed by atoms with Gasteiger partial charge in [-0.25, -0.2) is 21.6 Å². The van der Waals surface area contributed by atoms with Gasteiger partial charge in [-0.1, -0.05) is 89.0 Å². The Balaban J connectivity index is 0.000000201. The molecule has 0 amide bonds. The summed E-state index contributed by atoms with van der Waals surface area (Å²) in [7, 11) is -7.35. The molecule has 0 atom stereocenters. The number of carbonyl (C=O) groups excluding carboxylic acids is 7. The fourth-order valence-electron chi connectivity index (χ4n) is 7.83. The molecule has 4 aromatic carbocycles. The van der Waals surface area contributed by atoms with Gasteiger partial charge < -0.3 is 14.3 Å². The molecule has 0 bridgehead atoms. The van der Waals surface area contributed by atoms with Gasteiger partial charge in [0.1, 0.15) is 18.4 Å². The molecule has 2 fully saturated rings. The van der Waals surface area contributed by atoms with E-state index in [4.69, 9.17) is 32.8 Å². The van der Waals surface area contributed by atoms with E-state index in [1.165, 1.54) is 12.1 Å². The third-order valence-corrected chi connectivity index (χ3v) is 14.3. The molecule has 378 valence electrons. The van der Waals surface area contributed by atoms with Crippen LogP contribution in [0, 0.1) is 11.8 Å². The summed E-state index contributed by atoms with van der Waals surface area (Å²) >= 11 is 12.0. The molecule has 3 aliphatic rings. The van der Waals surface area contributed by atoms with Crippen molar-refractivity contribution in [3.05, 3.63) is 129 Å². The third kappa shape index (κ3) is 13.9. The Morgan fingerprint density at radius 3 is 1.63 bits per heavy atom. The fraction of sp³-hybridized carbons (Fsp3) is 0.347. The molecule has 2 saturated carbocycles. The molecule has 0 N–H and O–H groups in total. The lowest BCUT2D eigenvalue weighted by molar-refractivity contribution is -0.176. The highest BCUT2D eigenvalue weighted by Gasteiger charge is 2.45. The number of sulfone groups is 2. The molecule has 15 nitrogen and oxygen atoms in total. The van der Waals surface area contributed by atoms with Gasteiger partial charge in [0, 0.05) is 66.0 Å². The highest BCUT2D eigenvalue weighted by atomic mass is 35.5. The van der Waals surface area contributed by atoms with Crippen LogP contribution in [-0.2, 0) is 70.2 Å². The number of rotatable bonds is 13. The van der Waals surface area contributed by atoms with Crippen molar-refractivity contribution in [1.82, 2.24) is 0 Å². The van der Waals surface area contributed by atoms with Crippen LogP contribution in [0.3, 0.4) is 0 Å². The fourth-order valence-corrected chi connectivity index (χ4v) is 10.1. The van der Waals surface area contributed by atoms with Crippen molar-refractivity contribution in [3.8, 4) is 0 Å². The van der Waals surface area contributed by atoms with Crippen molar-refractivity contribution in [2.24, 2.45) is 17.0 Å². The van der Waals surface area contributed by atoms with E-state index in [0.717, 1.165) is 41.8 Å². The molecule has 0 radical (unpaired) electrons. The van der Waals surface area contributed by atoms with E-state index in [2.05, 4.69) is 9.89 Å². The van der Waals surface area contributed by atoms with Crippen LogP contribution in [0.5, 0.6) is 0 Å². The van der Waals surface area contributed by atoms with Crippen molar-refractivity contribution in [2.45, 2.75) is 80.0 Å². The molecule has 1 aliphatic heterocycles. The van der Waals surface area contributed by atoms with E-state index in [1.54, 1.807) is 6.92 Å². The minimum atomic E-state index is -4.65. The number of nitrogens with zero attached hydrogens (tertiary/aromatic N) is 1. The number of hydrogen-bond donors (Lipinski definition) is 0. The minimum absolute atomic E-state index is 0.00216. The molecular weight excluding hydrogens is 1020 g/mol. The van der Waals surface area contributed by atoms with Crippen molar-refractivity contribution in [1.29, 1.82) is 0 Å². The molecule has 0 saturated heterocycles. The lowest BCUT2D eigenvalue weighted by Crippen LogP contribution is -2.35. The van der Waals surface area contributed by atoms with Crippen LogP contribution < -0.4 is 0 Å². The summed E-state index contributed by atoms with van der Waals surface area (Å²) < 4.78 is 93.2. The maximum Gasteiger partial charge on any atom is 0.411 e. The number of benzene rings is 4. The molecule has 0 unspecified atom stereocenters. The van der Waals surface area contributed by atoms with Gasteiger partial charge in [0.2, 0.25) is 0 Å². The van der Waals surface area contributed by atoms with Gasteiger partial charge in [-0.3, -0.25) is 28.8 Å². The number of carbonyl (C=O) groups is 7. The Morgan fingerprint density at radius 2 is 1.20 bits per heavy atom. The Morgan fingerprint density at radius 1 is 0.718 bits per heavy atom. The number of halogens is 5. The predicted molar refractivity (Wildman–Crippen MR) is 252 cm³/mol. The zero-order chi connectivity index (χ0) is 52.5. The normalized spacial score (nSPS) is 16.4. The SMILES string of the molecule is CCOC(=O)C1=NOC(c2ccccc2)(c2ccccc2)C1.CS(=O)(=O)c1ccc(C(=O)C2C(=O)CCCC2=O)c(Cl)c1.CS(=O)(=O)c1ccc(C(=O)C2C(=O)CCCC2=O)c(Cl)c1COCC(F)(F)F. The van der Waals surface area contributed by atoms with Crippen LogP contribution in [0.1, 0.15) is 89.3 Å². The van der Waals surface area contributed by atoms with Gasteiger partial charge in [0.25, 0.3) is 0 Å². The number of ketones is 6. The van der Waals surface area contributed by atoms with E-state index in [9.17, 15) is 63.6 Å². The molecule has 0 spiro atoms. The summed E-state index contributed by atoms with van der Waals surface area (Å²) in [6.07, 6.45) is -1.17. The minimum Gasteiger partial charge on any atom is -0.461 e. The Hall–Kier alpha value is -5.93. The second-order valence-electron chi connectivity index (χ2n) is 16.5. The number of oxime groups is 1. The van der Waals surface area contributed by atoms with Gasteiger partial charge in [-0.05, 0) is 50.1 Å². The Labute approximate surface area is 416 Å². The van der Waals surface area contributed by atoms with Crippen LogP contribution in [0.25, 0.3) is 0 Å². The number of esters is 1. The van der Waals surface area contributed by atoms with Crippen LogP contribution >= 0.6 is 23.2 Å². The van der Waals surface area contributed by atoms with Crippen molar-refractivity contribution >= 4 is 89.3 Å². The smallest absolute Gasteiger partial charge is 0.411 e. The number of ether oxygens (including phenoxy) is 2. The summed E-state index contributed by atoms with van der Waals surface area (Å²) in [5.41, 5.74) is 0.814. The summed E-state index contributed by atoms with van der Waals surface area (Å²) in [5.74, 6) is -6.78. The number of Topliss-reactive ketones (excluding diaryl/α,β-unsaturated/α-hetero) is 6. The predicted octanol–water partition coefficient (Wildman–Crippen LogP) is 8.08. The molecule has 4 aromatic rings. The van der Waals surface area contributed by atoms with Crippen LogP contribution in [0.4, 0.5) is 13.2 Å². The zero-order valence-corrected chi connectivity index (χ0v) is 41.4.